The second kappa shape index (κ2) is 8.53. The van der Waals surface area contributed by atoms with Crippen molar-refractivity contribution in [2.45, 2.75) is 38.3 Å². The summed E-state index contributed by atoms with van der Waals surface area (Å²) in [5.41, 5.74) is 2.07. The number of hydrogen-bond donors (Lipinski definition) is 1. The fourth-order valence-electron chi connectivity index (χ4n) is 4.10. The van der Waals surface area contributed by atoms with E-state index >= 15 is 0 Å². The van der Waals surface area contributed by atoms with E-state index in [9.17, 15) is 4.79 Å². The number of aromatic nitrogens is 1. The number of rotatable bonds is 5. The molecule has 0 unspecified atom stereocenters. The van der Waals surface area contributed by atoms with Gasteiger partial charge in [0.2, 0.25) is 0 Å². The highest BCUT2D eigenvalue weighted by Crippen LogP contribution is 2.22. The van der Waals surface area contributed by atoms with Gasteiger partial charge in [0.1, 0.15) is 5.82 Å². The average Bonchev–Trinajstić information content (AvgIpc) is 3.25. The summed E-state index contributed by atoms with van der Waals surface area (Å²) in [5, 5.41) is 3.25. The third-order valence-corrected chi connectivity index (χ3v) is 5.61. The van der Waals surface area contributed by atoms with Crippen molar-refractivity contribution < 1.29 is 4.79 Å². The quantitative estimate of drug-likeness (QED) is 0.886. The van der Waals surface area contributed by atoms with Gasteiger partial charge in [-0.1, -0.05) is 30.3 Å². The van der Waals surface area contributed by atoms with Crippen LogP contribution in [0.3, 0.4) is 0 Å². The minimum atomic E-state index is 0.0199. The number of benzene rings is 1. The lowest BCUT2D eigenvalue weighted by molar-refractivity contribution is 0.0909. The van der Waals surface area contributed by atoms with Crippen molar-refractivity contribution >= 4 is 11.7 Å². The molecule has 4 rings (SSSR count). The van der Waals surface area contributed by atoms with Gasteiger partial charge in [-0.2, -0.15) is 0 Å². The first-order valence-electron chi connectivity index (χ1n) is 10.1. The van der Waals surface area contributed by atoms with Gasteiger partial charge < -0.3 is 10.2 Å². The van der Waals surface area contributed by atoms with E-state index < -0.39 is 0 Å². The van der Waals surface area contributed by atoms with E-state index in [1.54, 1.807) is 6.20 Å². The van der Waals surface area contributed by atoms with Crippen LogP contribution in [0.15, 0.2) is 48.7 Å². The number of pyridine rings is 1. The summed E-state index contributed by atoms with van der Waals surface area (Å²) in [6, 6.07) is 14.6. The largest absolute Gasteiger partial charge is 0.356 e. The maximum atomic E-state index is 12.9. The Morgan fingerprint density at radius 2 is 1.74 bits per heavy atom. The Hall–Kier alpha value is -2.40. The van der Waals surface area contributed by atoms with E-state index in [1.807, 2.05) is 12.1 Å². The SMILES string of the molecule is O=C(NC1CCN(Cc2ccccc2)CC1)c1cccnc1N1CCCC1. The molecule has 0 saturated carbocycles. The third-order valence-electron chi connectivity index (χ3n) is 5.61. The molecule has 2 fully saturated rings. The van der Waals surface area contributed by atoms with Gasteiger partial charge in [0.05, 0.1) is 5.56 Å². The molecule has 0 atom stereocenters. The number of likely N-dealkylation sites (tertiary alicyclic amines) is 1. The molecule has 5 heteroatoms. The number of carbonyl (C=O) groups excluding carboxylic acids is 1. The third kappa shape index (κ3) is 4.48. The van der Waals surface area contributed by atoms with Crippen LogP contribution in [-0.4, -0.2) is 48.0 Å². The van der Waals surface area contributed by atoms with Crippen LogP contribution in [0.25, 0.3) is 0 Å². The molecule has 142 valence electrons. The van der Waals surface area contributed by atoms with Gasteiger partial charge in [-0.05, 0) is 43.4 Å². The van der Waals surface area contributed by atoms with E-state index in [4.69, 9.17) is 0 Å². The zero-order chi connectivity index (χ0) is 18.5. The lowest BCUT2D eigenvalue weighted by Gasteiger charge is -2.32. The molecule has 1 aromatic carbocycles. The fourth-order valence-corrected chi connectivity index (χ4v) is 4.10. The molecule has 5 nitrogen and oxygen atoms in total. The van der Waals surface area contributed by atoms with Gasteiger partial charge in [0.25, 0.3) is 5.91 Å². The number of nitrogens with zero attached hydrogens (tertiary/aromatic N) is 3. The van der Waals surface area contributed by atoms with Crippen molar-refractivity contribution in [1.82, 2.24) is 15.2 Å². The molecule has 1 aromatic heterocycles. The number of carbonyl (C=O) groups is 1. The van der Waals surface area contributed by atoms with E-state index in [0.29, 0.717) is 5.56 Å². The van der Waals surface area contributed by atoms with Crippen molar-refractivity contribution in [3.63, 3.8) is 0 Å². The maximum absolute atomic E-state index is 12.9. The lowest BCUT2D eigenvalue weighted by Crippen LogP contribution is -2.44. The van der Waals surface area contributed by atoms with Gasteiger partial charge in [0.15, 0.2) is 0 Å². The van der Waals surface area contributed by atoms with Gasteiger partial charge in [-0.15, -0.1) is 0 Å². The predicted octanol–water partition coefficient (Wildman–Crippen LogP) is 3.08. The van der Waals surface area contributed by atoms with E-state index in [0.717, 1.165) is 51.4 Å². The number of hydrogen-bond acceptors (Lipinski definition) is 4. The summed E-state index contributed by atoms with van der Waals surface area (Å²) in [4.78, 5) is 22.1. The van der Waals surface area contributed by atoms with Crippen LogP contribution in [-0.2, 0) is 6.54 Å². The summed E-state index contributed by atoms with van der Waals surface area (Å²) in [6.07, 6.45) is 6.14. The number of anilines is 1. The Bertz CT molecular complexity index is 750. The number of nitrogens with one attached hydrogen (secondary N) is 1. The van der Waals surface area contributed by atoms with Crippen LogP contribution in [0.1, 0.15) is 41.6 Å². The van der Waals surface area contributed by atoms with Crippen LogP contribution in [0, 0.1) is 0 Å². The predicted molar refractivity (Wildman–Crippen MR) is 108 cm³/mol. The minimum absolute atomic E-state index is 0.0199. The highest BCUT2D eigenvalue weighted by molar-refractivity contribution is 5.99. The van der Waals surface area contributed by atoms with Gasteiger partial charge in [-0.3, -0.25) is 9.69 Å². The van der Waals surface area contributed by atoms with E-state index in [2.05, 4.69) is 50.4 Å². The van der Waals surface area contributed by atoms with Gasteiger partial charge in [0, 0.05) is 45.0 Å². The second-order valence-corrected chi connectivity index (χ2v) is 7.58. The summed E-state index contributed by atoms with van der Waals surface area (Å²) < 4.78 is 0. The van der Waals surface area contributed by atoms with Crippen LogP contribution in [0.5, 0.6) is 0 Å². The molecule has 0 spiro atoms. The molecule has 0 radical (unpaired) electrons. The summed E-state index contributed by atoms with van der Waals surface area (Å²) in [6.45, 7) is 5.02. The molecule has 2 saturated heterocycles. The first-order valence-corrected chi connectivity index (χ1v) is 10.1. The van der Waals surface area contributed by atoms with Crippen LogP contribution < -0.4 is 10.2 Å². The topological polar surface area (TPSA) is 48.5 Å². The van der Waals surface area contributed by atoms with Crippen molar-refractivity contribution in [3.8, 4) is 0 Å². The highest BCUT2D eigenvalue weighted by Gasteiger charge is 2.24. The molecule has 2 aliphatic rings. The molecule has 27 heavy (non-hydrogen) atoms. The molecule has 0 bridgehead atoms. The zero-order valence-electron chi connectivity index (χ0n) is 15.8. The molecule has 0 aliphatic carbocycles. The molecule has 2 aromatic rings. The van der Waals surface area contributed by atoms with Crippen LogP contribution >= 0.6 is 0 Å². The molecule has 3 heterocycles. The summed E-state index contributed by atoms with van der Waals surface area (Å²) in [5.74, 6) is 0.862. The second-order valence-electron chi connectivity index (χ2n) is 7.58. The molecule has 1 amide bonds. The molecular formula is C22H28N4O. The first kappa shape index (κ1) is 18.0. The Morgan fingerprint density at radius 3 is 2.48 bits per heavy atom. The summed E-state index contributed by atoms with van der Waals surface area (Å²) >= 11 is 0. The Kier molecular flexibility index (Phi) is 5.68. The number of amides is 1. The highest BCUT2D eigenvalue weighted by atomic mass is 16.1. The Balaban J connectivity index is 1.32. The van der Waals surface area contributed by atoms with Crippen LogP contribution in [0.4, 0.5) is 5.82 Å². The standard InChI is InChI=1S/C22H28N4O/c27-22(20-9-6-12-23-21(20)26-13-4-5-14-26)24-19-10-15-25(16-11-19)17-18-7-2-1-3-8-18/h1-3,6-9,12,19H,4-5,10-11,13-17H2,(H,24,27). The first-order chi connectivity index (χ1) is 13.3. The lowest BCUT2D eigenvalue weighted by atomic mass is 10.0. The Morgan fingerprint density at radius 1 is 1.00 bits per heavy atom. The monoisotopic (exact) mass is 364 g/mol. The van der Waals surface area contributed by atoms with Crippen LogP contribution in [0.2, 0.25) is 0 Å². The number of piperidine rings is 1. The average molecular weight is 364 g/mol. The maximum Gasteiger partial charge on any atom is 0.255 e. The van der Waals surface area contributed by atoms with Crippen molar-refractivity contribution in [3.05, 3.63) is 59.8 Å². The Labute approximate surface area is 161 Å². The van der Waals surface area contributed by atoms with Crippen molar-refractivity contribution in [2.24, 2.45) is 0 Å². The zero-order valence-corrected chi connectivity index (χ0v) is 15.8. The van der Waals surface area contributed by atoms with Gasteiger partial charge >= 0.3 is 0 Å². The smallest absolute Gasteiger partial charge is 0.255 e. The van der Waals surface area contributed by atoms with E-state index in [1.165, 1.54) is 18.4 Å². The molecule has 2 aliphatic heterocycles. The summed E-state index contributed by atoms with van der Waals surface area (Å²) in [7, 11) is 0. The van der Waals surface area contributed by atoms with E-state index in [-0.39, 0.29) is 11.9 Å². The molecule has 1 N–H and O–H groups in total. The van der Waals surface area contributed by atoms with Crippen molar-refractivity contribution in [1.29, 1.82) is 0 Å². The van der Waals surface area contributed by atoms with Crippen molar-refractivity contribution in [2.75, 3.05) is 31.1 Å². The normalized spacial score (nSPS) is 18.6. The fraction of sp³-hybridized carbons (Fsp3) is 0.455. The van der Waals surface area contributed by atoms with Gasteiger partial charge in [-0.25, -0.2) is 4.98 Å². The minimum Gasteiger partial charge on any atom is -0.356 e. The molecular weight excluding hydrogens is 336 g/mol.